The fourth-order valence-corrected chi connectivity index (χ4v) is 1.92. The third-order valence-corrected chi connectivity index (χ3v) is 2.63. The maximum absolute atomic E-state index is 3.54. The Morgan fingerprint density at radius 2 is 2.25 bits per heavy atom. The van der Waals surface area contributed by atoms with E-state index in [9.17, 15) is 0 Å². The molecule has 0 unspecified atom stereocenters. The highest BCUT2D eigenvalue weighted by atomic mass is 15.1. The Bertz CT molecular complexity index is 108. The van der Waals surface area contributed by atoms with Crippen LogP contribution in [0.2, 0.25) is 0 Å². The van der Waals surface area contributed by atoms with Crippen molar-refractivity contribution in [3.8, 4) is 0 Å². The minimum absolute atomic E-state index is 0.775. The summed E-state index contributed by atoms with van der Waals surface area (Å²) in [4.78, 5) is 2.54. The molecule has 0 spiro atoms. The van der Waals surface area contributed by atoms with Gasteiger partial charge in [0.1, 0.15) is 0 Å². The van der Waals surface area contributed by atoms with Crippen LogP contribution in [-0.2, 0) is 0 Å². The SMILES string of the molecule is CCCN(CC)C[C@@H]1CCCN1. The van der Waals surface area contributed by atoms with Crippen LogP contribution in [0.5, 0.6) is 0 Å². The van der Waals surface area contributed by atoms with Crippen LogP contribution in [0, 0.1) is 0 Å². The average Bonchev–Trinajstić information content (AvgIpc) is 2.56. The molecule has 1 rings (SSSR count). The summed E-state index contributed by atoms with van der Waals surface area (Å²) < 4.78 is 0. The first kappa shape index (κ1) is 10.0. The molecule has 1 atom stereocenters. The smallest absolute Gasteiger partial charge is 0.0195 e. The third-order valence-electron chi connectivity index (χ3n) is 2.63. The monoisotopic (exact) mass is 170 g/mol. The van der Waals surface area contributed by atoms with Crippen LogP contribution >= 0.6 is 0 Å². The van der Waals surface area contributed by atoms with Crippen LogP contribution in [0.3, 0.4) is 0 Å². The Morgan fingerprint density at radius 3 is 2.75 bits per heavy atom. The Kier molecular flexibility index (Phi) is 4.62. The van der Waals surface area contributed by atoms with E-state index in [-0.39, 0.29) is 0 Å². The fraction of sp³-hybridized carbons (Fsp3) is 1.00. The molecule has 0 aromatic carbocycles. The van der Waals surface area contributed by atoms with Gasteiger partial charge in [0.2, 0.25) is 0 Å². The Labute approximate surface area is 76.3 Å². The lowest BCUT2D eigenvalue weighted by Crippen LogP contribution is -2.37. The van der Waals surface area contributed by atoms with Gasteiger partial charge in [0.15, 0.2) is 0 Å². The van der Waals surface area contributed by atoms with Gasteiger partial charge in [0.25, 0.3) is 0 Å². The lowest BCUT2D eigenvalue weighted by atomic mass is 10.2. The van der Waals surface area contributed by atoms with Gasteiger partial charge in [-0.15, -0.1) is 0 Å². The maximum atomic E-state index is 3.54. The molecule has 0 radical (unpaired) electrons. The molecule has 0 aromatic rings. The molecule has 0 aliphatic carbocycles. The van der Waals surface area contributed by atoms with Gasteiger partial charge in [0.05, 0.1) is 0 Å². The normalized spacial score (nSPS) is 23.8. The van der Waals surface area contributed by atoms with Gasteiger partial charge >= 0.3 is 0 Å². The van der Waals surface area contributed by atoms with Crippen LogP contribution in [0.15, 0.2) is 0 Å². The summed E-state index contributed by atoms with van der Waals surface area (Å²) in [6.07, 6.45) is 4.02. The van der Waals surface area contributed by atoms with Crippen molar-refractivity contribution in [3.63, 3.8) is 0 Å². The predicted octanol–water partition coefficient (Wildman–Crippen LogP) is 1.47. The second kappa shape index (κ2) is 5.55. The largest absolute Gasteiger partial charge is 0.313 e. The van der Waals surface area contributed by atoms with E-state index in [1.165, 1.54) is 45.4 Å². The highest BCUT2D eigenvalue weighted by molar-refractivity contribution is 4.77. The molecule has 1 heterocycles. The zero-order valence-electron chi connectivity index (χ0n) is 8.47. The number of nitrogens with one attached hydrogen (secondary N) is 1. The summed E-state index contributed by atoms with van der Waals surface area (Å²) in [5.74, 6) is 0. The second-order valence-electron chi connectivity index (χ2n) is 3.69. The van der Waals surface area contributed by atoms with E-state index in [4.69, 9.17) is 0 Å². The van der Waals surface area contributed by atoms with Crippen LogP contribution in [-0.4, -0.2) is 37.1 Å². The molecule has 0 saturated carbocycles. The van der Waals surface area contributed by atoms with Crippen LogP contribution in [0.4, 0.5) is 0 Å². The molecule has 1 saturated heterocycles. The molecule has 2 heteroatoms. The maximum Gasteiger partial charge on any atom is 0.0195 e. The first-order valence-corrected chi connectivity index (χ1v) is 5.32. The van der Waals surface area contributed by atoms with E-state index in [1.807, 2.05) is 0 Å². The molecule has 0 bridgehead atoms. The molecular formula is C10H22N2. The number of likely N-dealkylation sites (N-methyl/N-ethyl adjacent to an activating group) is 1. The Morgan fingerprint density at radius 1 is 1.42 bits per heavy atom. The van der Waals surface area contributed by atoms with Gasteiger partial charge in [0, 0.05) is 12.6 Å². The van der Waals surface area contributed by atoms with E-state index < -0.39 is 0 Å². The average molecular weight is 170 g/mol. The zero-order valence-corrected chi connectivity index (χ0v) is 8.47. The van der Waals surface area contributed by atoms with Gasteiger partial charge < -0.3 is 10.2 Å². The minimum atomic E-state index is 0.775. The Balaban J connectivity index is 2.16. The van der Waals surface area contributed by atoms with Gasteiger partial charge in [-0.1, -0.05) is 13.8 Å². The van der Waals surface area contributed by atoms with E-state index in [1.54, 1.807) is 0 Å². The van der Waals surface area contributed by atoms with Gasteiger partial charge in [-0.3, -0.25) is 0 Å². The molecule has 12 heavy (non-hydrogen) atoms. The van der Waals surface area contributed by atoms with E-state index >= 15 is 0 Å². The molecule has 72 valence electrons. The van der Waals surface area contributed by atoms with Gasteiger partial charge in [-0.2, -0.15) is 0 Å². The van der Waals surface area contributed by atoms with Crippen LogP contribution < -0.4 is 5.32 Å². The second-order valence-corrected chi connectivity index (χ2v) is 3.69. The van der Waals surface area contributed by atoms with Crippen molar-refractivity contribution in [3.05, 3.63) is 0 Å². The highest BCUT2D eigenvalue weighted by Gasteiger charge is 2.15. The topological polar surface area (TPSA) is 15.3 Å². The molecule has 1 aliphatic rings. The summed E-state index contributed by atoms with van der Waals surface area (Å²) in [7, 11) is 0. The summed E-state index contributed by atoms with van der Waals surface area (Å²) in [5, 5.41) is 3.54. The lowest BCUT2D eigenvalue weighted by molar-refractivity contribution is 0.262. The molecule has 1 N–H and O–H groups in total. The molecule has 0 amide bonds. The van der Waals surface area contributed by atoms with E-state index in [0.29, 0.717) is 0 Å². The Hall–Kier alpha value is -0.0800. The van der Waals surface area contributed by atoms with Crippen molar-refractivity contribution >= 4 is 0 Å². The minimum Gasteiger partial charge on any atom is -0.313 e. The first-order valence-electron chi connectivity index (χ1n) is 5.32. The van der Waals surface area contributed by atoms with Crippen molar-refractivity contribution in [2.75, 3.05) is 26.2 Å². The number of hydrogen-bond acceptors (Lipinski definition) is 2. The molecular weight excluding hydrogens is 148 g/mol. The summed E-state index contributed by atoms with van der Waals surface area (Å²) in [5.41, 5.74) is 0. The zero-order chi connectivity index (χ0) is 8.81. The molecule has 1 aliphatic heterocycles. The van der Waals surface area contributed by atoms with Crippen LogP contribution in [0.25, 0.3) is 0 Å². The molecule has 2 nitrogen and oxygen atoms in total. The van der Waals surface area contributed by atoms with Gasteiger partial charge in [-0.25, -0.2) is 0 Å². The van der Waals surface area contributed by atoms with Crippen molar-refractivity contribution in [1.29, 1.82) is 0 Å². The summed E-state index contributed by atoms with van der Waals surface area (Å²) in [6.45, 7) is 9.45. The van der Waals surface area contributed by atoms with Crippen molar-refractivity contribution in [2.45, 2.75) is 39.2 Å². The predicted molar refractivity (Wildman–Crippen MR) is 53.4 cm³/mol. The van der Waals surface area contributed by atoms with Gasteiger partial charge in [-0.05, 0) is 38.9 Å². The summed E-state index contributed by atoms with van der Waals surface area (Å²) in [6, 6.07) is 0.775. The van der Waals surface area contributed by atoms with Crippen LogP contribution in [0.1, 0.15) is 33.1 Å². The van der Waals surface area contributed by atoms with E-state index in [2.05, 4.69) is 24.1 Å². The first-order chi connectivity index (χ1) is 5.86. The number of nitrogens with zero attached hydrogens (tertiary/aromatic N) is 1. The number of rotatable bonds is 5. The fourth-order valence-electron chi connectivity index (χ4n) is 1.92. The molecule has 1 fully saturated rings. The van der Waals surface area contributed by atoms with Crippen molar-refractivity contribution in [1.82, 2.24) is 10.2 Å². The standard InChI is InChI=1S/C10H22N2/c1-3-8-12(4-2)9-10-6-5-7-11-10/h10-11H,3-9H2,1-2H3/t10-/m0/s1. The quantitative estimate of drug-likeness (QED) is 0.672. The van der Waals surface area contributed by atoms with Crippen molar-refractivity contribution < 1.29 is 0 Å². The lowest BCUT2D eigenvalue weighted by Gasteiger charge is -2.23. The van der Waals surface area contributed by atoms with Crippen molar-refractivity contribution in [2.24, 2.45) is 0 Å². The highest BCUT2D eigenvalue weighted by Crippen LogP contribution is 2.06. The third kappa shape index (κ3) is 3.11. The van der Waals surface area contributed by atoms with E-state index in [0.717, 1.165) is 6.04 Å². The number of hydrogen-bond donors (Lipinski definition) is 1. The summed E-state index contributed by atoms with van der Waals surface area (Å²) >= 11 is 0. The molecule has 0 aromatic heterocycles.